The third-order valence-electron chi connectivity index (χ3n) is 4.87. The fourth-order valence-corrected chi connectivity index (χ4v) is 3.77. The van der Waals surface area contributed by atoms with Crippen LogP contribution in [-0.2, 0) is 0 Å². The Balaban J connectivity index is 2.04. The molecule has 108 valence electrons. The Hall–Kier alpha value is -1.62. The van der Waals surface area contributed by atoms with E-state index in [1.54, 1.807) is 6.07 Å². The number of hydrogen-bond acceptors (Lipinski definition) is 3. The van der Waals surface area contributed by atoms with Gasteiger partial charge in [-0.3, -0.25) is 4.79 Å². The maximum absolute atomic E-state index is 13.4. The highest BCUT2D eigenvalue weighted by Crippen LogP contribution is 2.44. The summed E-state index contributed by atoms with van der Waals surface area (Å²) in [4.78, 5) is 13.8. The van der Waals surface area contributed by atoms with Gasteiger partial charge in [0, 0.05) is 25.2 Å². The van der Waals surface area contributed by atoms with Gasteiger partial charge in [-0.15, -0.1) is 0 Å². The van der Waals surface area contributed by atoms with Gasteiger partial charge in [-0.25, -0.2) is 4.39 Å². The lowest BCUT2D eigenvalue weighted by Crippen LogP contribution is -2.45. The highest BCUT2D eigenvalue weighted by molar-refractivity contribution is 5.98. The van der Waals surface area contributed by atoms with Crippen molar-refractivity contribution in [2.24, 2.45) is 17.6 Å². The fraction of sp³-hybridized carbons (Fsp3) is 0.533. The Morgan fingerprint density at radius 2 is 2.20 bits per heavy atom. The molecule has 0 radical (unpaired) electrons. The van der Waals surface area contributed by atoms with E-state index < -0.39 is 11.7 Å². The molecule has 0 spiro atoms. The molecule has 0 aliphatic carbocycles. The zero-order valence-corrected chi connectivity index (χ0v) is 11.8. The van der Waals surface area contributed by atoms with Gasteiger partial charge in [0.25, 0.3) is 5.91 Å². The average molecular weight is 277 g/mol. The largest absolute Gasteiger partial charge is 0.366 e. The van der Waals surface area contributed by atoms with E-state index >= 15 is 0 Å². The third-order valence-corrected chi connectivity index (χ3v) is 4.87. The molecule has 20 heavy (non-hydrogen) atoms. The van der Waals surface area contributed by atoms with Crippen molar-refractivity contribution in [1.29, 1.82) is 0 Å². The van der Waals surface area contributed by atoms with Crippen molar-refractivity contribution in [3.05, 3.63) is 29.6 Å². The first-order valence-electron chi connectivity index (χ1n) is 6.99. The molecule has 0 aromatic heterocycles. The summed E-state index contributed by atoms with van der Waals surface area (Å²) in [5, 5.41) is 3.42. The number of nitrogens with two attached hydrogens (primary N) is 1. The van der Waals surface area contributed by atoms with Gasteiger partial charge in [-0.05, 0) is 43.9 Å². The molecule has 2 saturated heterocycles. The highest BCUT2D eigenvalue weighted by atomic mass is 19.1. The molecule has 2 atom stereocenters. The molecule has 2 unspecified atom stereocenters. The first-order chi connectivity index (χ1) is 9.41. The molecule has 3 rings (SSSR count). The Bertz CT molecular complexity index is 558. The van der Waals surface area contributed by atoms with Gasteiger partial charge in [0.1, 0.15) is 5.82 Å². The molecule has 2 fully saturated rings. The van der Waals surface area contributed by atoms with Gasteiger partial charge < -0.3 is 16.0 Å². The molecule has 1 amide bonds. The number of nitrogens with one attached hydrogen (secondary N) is 1. The number of carbonyl (C=O) groups is 1. The van der Waals surface area contributed by atoms with Crippen LogP contribution in [0.15, 0.2) is 18.2 Å². The number of rotatable bonds is 2. The second-order valence-corrected chi connectivity index (χ2v) is 6.31. The molecule has 0 bridgehead atoms. The van der Waals surface area contributed by atoms with Crippen molar-refractivity contribution in [1.82, 2.24) is 5.32 Å². The van der Waals surface area contributed by atoms with Crippen LogP contribution in [0, 0.1) is 17.7 Å². The van der Waals surface area contributed by atoms with Gasteiger partial charge in [0.2, 0.25) is 0 Å². The summed E-state index contributed by atoms with van der Waals surface area (Å²) in [5.41, 5.74) is 6.36. The minimum atomic E-state index is -0.578. The van der Waals surface area contributed by atoms with Crippen LogP contribution in [0.25, 0.3) is 0 Å². The van der Waals surface area contributed by atoms with Gasteiger partial charge in [0.15, 0.2) is 0 Å². The molecule has 1 aromatic carbocycles. The molecular formula is C15H20FN3O. The van der Waals surface area contributed by atoms with Crippen LogP contribution >= 0.6 is 0 Å². The molecule has 3 N–H and O–H groups in total. The topological polar surface area (TPSA) is 58.4 Å². The summed E-state index contributed by atoms with van der Waals surface area (Å²) in [6.07, 6.45) is 0. The van der Waals surface area contributed by atoms with E-state index in [0.29, 0.717) is 11.8 Å². The van der Waals surface area contributed by atoms with E-state index in [-0.39, 0.29) is 11.1 Å². The molecule has 2 aliphatic heterocycles. The number of amides is 1. The monoisotopic (exact) mass is 277 g/mol. The van der Waals surface area contributed by atoms with Gasteiger partial charge >= 0.3 is 0 Å². The Labute approximate surface area is 118 Å². The summed E-state index contributed by atoms with van der Waals surface area (Å²) < 4.78 is 13.4. The first-order valence-corrected chi connectivity index (χ1v) is 6.99. The molecule has 1 aromatic rings. The van der Waals surface area contributed by atoms with Crippen molar-refractivity contribution >= 4 is 11.6 Å². The summed E-state index contributed by atoms with van der Waals surface area (Å²) >= 11 is 0. The number of fused-ring (bicyclic) bond motifs is 1. The summed E-state index contributed by atoms with van der Waals surface area (Å²) in [7, 11) is 0. The summed E-state index contributed by atoms with van der Waals surface area (Å²) in [6, 6.07) is 4.30. The van der Waals surface area contributed by atoms with E-state index in [1.165, 1.54) is 12.1 Å². The third kappa shape index (κ3) is 1.88. The van der Waals surface area contributed by atoms with Crippen molar-refractivity contribution in [2.45, 2.75) is 19.4 Å². The minimum Gasteiger partial charge on any atom is -0.366 e. The number of hydrogen-bond donors (Lipinski definition) is 2. The first kappa shape index (κ1) is 13.4. The minimum absolute atomic E-state index is 0.0732. The standard InChI is InChI=1S/C15H20FN3O/c1-15(2)12-7-18-6-9(12)8-19(15)13-4-3-10(16)5-11(13)14(17)20/h3-5,9,12,18H,6-8H2,1-2H3,(H2,17,20). The number of anilines is 1. The SMILES string of the molecule is CC1(C)C2CNCC2CN1c1ccc(F)cc1C(N)=O. The van der Waals surface area contributed by atoms with Crippen molar-refractivity contribution in [3.8, 4) is 0 Å². The normalized spacial score (nSPS) is 27.6. The van der Waals surface area contributed by atoms with Crippen molar-refractivity contribution in [3.63, 3.8) is 0 Å². The Kier molecular flexibility index (Phi) is 2.97. The molecule has 2 aliphatic rings. The Morgan fingerprint density at radius 3 is 2.85 bits per heavy atom. The quantitative estimate of drug-likeness (QED) is 0.858. The molecule has 2 heterocycles. The summed E-state index contributed by atoms with van der Waals surface area (Å²) in [5.74, 6) is 0.0935. The number of nitrogens with zero attached hydrogens (tertiary/aromatic N) is 1. The van der Waals surface area contributed by atoms with E-state index in [9.17, 15) is 9.18 Å². The smallest absolute Gasteiger partial charge is 0.250 e. The van der Waals surface area contributed by atoms with Crippen LogP contribution in [-0.4, -0.2) is 31.1 Å². The van der Waals surface area contributed by atoms with Crippen LogP contribution in [0.2, 0.25) is 0 Å². The average Bonchev–Trinajstić information content (AvgIpc) is 2.92. The van der Waals surface area contributed by atoms with Crippen molar-refractivity contribution < 1.29 is 9.18 Å². The van der Waals surface area contributed by atoms with Crippen LogP contribution in [0.5, 0.6) is 0 Å². The fourth-order valence-electron chi connectivity index (χ4n) is 3.77. The maximum atomic E-state index is 13.4. The maximum Gasteiger partial charge on any atom is 0.250 e. The number of carbonyl (C=O) groups excluding carboxylic acids is 1. The van der Waals surface area contributed by atoms with Crippen LogP contribution in [0.3, 0.4) is 0 Å². The highest BCUT2D eigenvalue weighted by Gasteiger charge is 2.50. The van der Waals surface area contributed by atoms with Crippen LogP contribution in [0.1, 0.15) is 24.2 Å². The van der Waals surface area contributed by atoms with Crippen LogP contribution in [0.4, 0.5) is 10.1 Å². The second-order valence-electron chi connectivity index (χ2n) is 6.31. The van der Waals surface area contributed by atoms with Crippen LogP contribution < -0.4 is 16.0 Å². The zero-order valence-electron chi connectivity index (χ0n) is 11.8. The lowest BCUT2D eigenvalue weighted by atomic mass is 9.84. The van der Waals surface area contributed by atoms with Gasteiger partial charge in [-0.2, -0.15) is 0 Å². The van der Waals surface area contributed by atoms with E-state index in [4.69, 9.17) is 5.73 Å². The molecular weight excluding hydrogens is 257 g/mol. The number of halogens is 1. The van der Waals surface area contributed by atoms with Crippen molar-refractivity contribution in [2.75, 3.05) is 24.5 Å². The summed E-state index contributed by atoms with van der Waals surface area (Å²) in [6.45, 7) is 7.22. The van der Waals surface area contributed by atoms with E-state index in [0.717, 1.165) is 25.3 Å². The van der Waals surface area contributed by atoms with E-state index in [2.05, 4.69) is 24.1 Å². The number of primary amides is 1. The van der Waals surface area contributed by atoms with E-state index in [1.807, 2.05) is 0 Å². The number of benzene rings is 1. The predicted molar refractivity (Wildman–Crippen MR) is 76.2 cm³/mol. The Morgan fingerprint density at radius 1 is 1.45 bits per heavy atom. The molecule has 5 heteroatoms. The lowest BCUT2D eigenvalue weighted by Gasteiger charge is -2.38. The molecule has 4 nitrogen and oxygen atoms in total. The molecule has 0 saturated carbocycles. The van der Waals surface area contributed by atoms with Gasteiger partial charge in [0.05, 0.1) is 11.3 Å². The van der Waals surface area contributed by atoms with Gasteiger partial charge in [-0.1, -0.05) is 0 Å². The lowest BCUT2D eigenvalue weighted by molar-refractivity contribution is 0.1000. The second kappa shape index (κ2) is 4.45. The predicted octanol–water partition coefficient (Wildman–Crippen LogP) is 1.36. The zero-order chi connectivity index (χ0) is 14.5.